The largest absolute Gasteiger partial charge is 0.373 e. The van der Waals surface area contributed by atoms with Crippen molar-refractivity contribution in [3.63, 3.8) is 0 Å². The number of rotatable bonds is 3. The number of carbonyl (C=O) groups is 2. The van der Waals surface area contributed by atoms with Crippen molar-refractivity contribution in [2.24, 2.45) is 11.8 Å². The molecule has 2 heterocycles. The molecule has 0 aromatic heterocycles. The third-order valence-electron chi connectivity index (χ3n) is 4.64. The summed E-state index contributed by atoms with van der Waals surface area (Å²) in [5.41, 5.74) is 2.50. The van der Waals surface area contributed by atoms with E-state index in [0.29, 0.717) is 19.4 Å². The monoisotopic (exact) mass is 287 g/mol. The van der Waals surface area contributed by atoms with Crippen molar-refractivity contribution in [3.8, 4) is 0 Å². The lowest BCUT2D eigenvalue weighted by Gasteiger charge is -2.25. The standard InChI is InChI=1S/C17H21NO3/c1-2-11-3-5-12(6-4-11)15-9-13(10-21-15)14-7-8-16(19)18-17(14)20/h3-6,13-15H,2,7-10H2,1H3,(H,18,19,20)/t13?,14?,15-/m1/s1. The number of benzene rings is 1. The number of piperidine rings is 1. The van der Waals surface area contributed by atoms with E-state index in [4.69, 9.17) is 4.74 Å². The van der Waals surface area contributed by atoms with E-state index in [1.165, 1.54) is 11.1 Å². The molecule has 0 radical (unpaired) electrons. The van der Waals surface area contributed by atoms with Crippen molar-refractivity contribution in [1.82, 2.24) is 5.32 Å². The lowest BCUT2D eigenvalue weighted by atomic mass is 9.83. The molecule has 1 N–H and O–H groups in total. The summed E-state index contributed by atoms with van der Waals surface area (Å²) < 4.78 is 5.89. The highest BCUT2D eigenvalue weighted by atomic mass is 16.5. The van der Waals surface area contributed by atoms with Gasteiger partial charge in [-0.2, -0.15) is 0 Å². The molecule has 0 saturated carbocycles. The highest BCUT2D eigenvalue weighted by Crippen LogP contribution is 2.38. The topological polar surface area (TPSA) is 55.4 Å². The van der Waals surface area contributed by atoms with Crippen LogP contribution in [-0.4, -0.2) is 18.4 Å². The molecule has 3 rings (SSSR count). The van der Waals surface area contributed by atoms with Gasteiger partial charge in [-0.15, -0.1) is 0 Å². The fraction of sp³-hybridized carbons (Fsp3) is 0.529. The van der Waals surface area contributed by atoms with Gasteiger partial charge in [-0.3, -0.25) is 14.9 Å². The van der Waals surface area contributed by atoms with Gasteiger partial charge in [-0.05, 0) is 36.3 Å². The summed E-state index contributed by atoms with van der Waals surface area (Å²) in [6.07, 6.45) is 3.07. The van der Waals surface area contributed by atoms with E-state index in [-0.39, 0.29) is 29.8 Å². The second-order valence-corrected chi connectivity index (χ2v) is 5.97. The number of ether oxygens (including phenoxy) is 1. The fourth-order valence-electron chi connectivity index (χ4n) is 3.29. The molecule has 0 bridgehead atoms. The minimum absolute atomic E-state index is 0.0753. The lowest BCUT2D eigenvalue weighted by molar-refractivity contribution is -0.137. The summed E-state index contributed by atoms with van der Waals surface area (Å²) in [6, 6.07) is 8.52. The van der Waals surface area contributed by atoms with Gasteiger partial charge in [-0.1, -0.05) is 31.2 Å². The van der Waals surface area contributed by atoms with Crippen molar-refractivity contribution in [3.05, 3.63) is 35.4 Å². The first-order chi connectivity index (χ1) is 10.2. The zero-order chi connectivity index (χ0) is 14.8. The van der Waals surface area contributed by atoms with Crippen LogP contribution in [0.1, 0.15) is 43.4 Å². The number of imide groups is 1. The van der Waals surface area contributed by atoms with Gasteiger partial charge in [0.1, 0.15) is 0 Å². The maximum atomic E-state index is 11.9. The van der Waals surface area contributed by atoms with Crippen LogP contribution in [0.5, 0.6) is 0 Å². The quantitative estimate of drug-likeness (QED) is 0.868. The normalized spacial score (nSPS) is 29.5. The van der Waals surface area contributed by atoms with Crippen molar-refractivity contribution in [2.75, 3.05) is 6.61 Å². The lowest BCUT2D eigenvalue weighted by Crippen LogP contribution is -2.43. The molecular formula is C17H21NO3. The second kappa shape index (κ2) is 5.98. The fourth-order valence-corrected chi connectivity index (χ4v) is 3.29. The first kappa shape index (κ1) is 14.3. The molecule has 2 amide bonds. The molecule has 3 atom stereocenters. The molecule has 2 aliphatic heterocycles. The number of hydrogen-bond donors (Lipinski definition) is 1. The molecular weight excluding hydrogens is 266 g/mol. The van der Waals surface area contributed by atoms with E-state index in [1.54, 1.807) is 0 Å². The Labute approximate surface area is 124 Å². The van der Waals surface area contributed by atoms with E-state index >= 15 is 0 Å². The molecule has 2 unspecified atom stereocenters. The molecule has 2 saturated heterocycles. The Hall–Kier alpha value is -1.68. The highest BCUT2D eigenvalue weighted by Gasteiger charge is 2.38. The van der Waals surface area contributed by atoms with Crippen LogP contribution in [0.2, 0.25) is 0 Å². The van der Waals surface area contributed by atoms with Crippen molar-refractivity contribution in [1.29, 1.82) is 0 Å². The zero-order valence-corrected chi connectivity index (χ0v) is 12.3. The first-order valence-electron chi connectivity index (χ1n) is 7.71. The van der Waals surface area contributed by atoms with Crippen LogP contribution in [-0.2, 0) is 20.7 Å². The Morgan fingerprint density at radius 1 is 1.24 bits per heavy atom. The van der Waals surface area contributed by atoms with Gasteiger partial charge in [0.05, 0.1) is 12.7 Å². The van der Waals surface area contributed by atoms with E-state index < -0.39 is 0 Å². The average Bonchev–Trinajstić information content (AvgIpc) is 2.97. The molecule has 2 aliphatic rings. The highest BCUT2D eigenvalue weighted by molar-refractivity contribution is 5.98. The molecule has 2 fully saturated rings. The van der Waals surface area contributed by atoms with Gasteiger partial charge in [0.15, 0.2) is 0 Å². The summed E-state index contributed by atoms with van der Waals surface area (Å²) in [4.78, 5) is 23.1. The van der Waals surface area contributed by atoms with Crippen molar-refractivity contribution in [2.45, 2.75) is 38.7 Å². The Kier molecular flexibility index (Phi) is 4.06. The van der Waals surface area contributed by atoms with E-state index in [2.05, 4.69) is 36.5 Å². The Morgan fingerprint density at radius 2 is 2.00 bits per heavy atom. The van der Waals surface area contributed by atoms with E-state index in [1.807, 2.05) is 0 Å². The summed E-state index contributed by atoms with van der Waals surface area (Å²) in [6.45, 7) is 2.74. The number of aryl methyl sites for hydroxylation is 1. The minimum atomic E-state index is -0.151. The van der Waals surface area contributed by atoms with Gasteiger partial charge in [0.2, 0.25) is 11.8 Å². The molecule has 1 aromatic carbocycles. The molecule has 21 heavy (non-hydrogen) atoms. The molecule has 1 aromatic rings. The first-order valence-corrected chi connectivity index (χ1v) is 7.71. The SMILES string of the molecule is CCc1ccc([C@H]2CC(C3CCC(=O)NC3=O)CO2)cc1. The minimum Gasteiger partial charge on any atom is -0.373 e. The van der Waals surface area contributed by atoms with Crippen molar-refractivity contribution < 1.29 is 14.3 Å². The second-order valence-electron chi connectivity index (χ2n) is 5.97. The van der Waals surface area contributed by atoms with Crippen LogP contribution in [0.15, 0.2) is 24.3 Å². The Bertz CT molecular complexity index is 537. The third-order valence-corrected chi connectivity index (χ3v) is 4.64. The van der Waals surface area contributed by atoms with Crippen LogP contribution in [0.4, 0.5) is 0 Å². The predicted octanol–water partition coefficient (Wildman–Crippen LogP) is 2.38. The summed E-state index contributed by atoms with van der Waals surface area (Å²) in [5, 5.41) is 2.44. The van der Waals surface area contributed by atoms with Gasteiger partial charge in [0.25, 0.3) is 0 Å². The van der Waals surface area contributed by atoms with Gasteiger partial charge < -0.3 is 4.74 Å². The van der Waals surface area contributed by atoms with Crippen LogP contribution in [0.25, 0.3) is 0 Å². The van der Waals surface area contributed by atoms with Gasteiger partial charge in [0, 0.05) is 12.3 Å². The summed E-state index contributed by atoms with van der Waals surface area (Å²) in [5.74, 6) is -0.139. The maximum absolute atomic E-state index is 11.9. The summed E-state index contributed by atoms with van der Waals surface area (Å²) in [7, 11) is 0. The molecule has 0 spiro atoms. The number of amides is 2. The van der Waals surface area contributed by atoms with Crippen LogP contribution in [0, 0.1) is 11.8 Å². The Morgan fingerprint density at radius 3 is 2.67 bits per heavy atom. The predicted molar refractivity (Wildman–Crippen MR) is 78.5 cm³/mol. The summed E-state index contributed by atoms with van der Waals surface area (Å²) >= 11 is 0. The molecule has 4 heteroatoms. The third kappa shape index (κ3) is 3.00. The van der Waals surface area contributed by atoms with Crippen molar-refractivity contribution >= 4 is 11.8 Å². The van der Waals surface area contributed by atoms with Crippen LogP contribution >= 0.6 is 0 Å². The Balaban J connectivity index is 1.64. The van der Waals surface area contributed by atoms with Gasteiger partial charge >= 0.3 is 0 Å². The van der Waals surface area contributed by atoms with Crippen LogP contribution < -0.4 is 5.32 Å². The number of nitrogens with one attached hydrogen (secondary N) is 1. The molecule has 112 valence electrons. The number of hydrogen-bond acceptors (Lipinski definition) is 3. The van der Waals surface area contributed by atoms with E-state index in [9.17, 15) is 9.59 Å². The molecule has 0 aliphatic carbocycles. The van der Waals surface area contributed by atoms with Gasteiger partial charge in [-0.25, -0.2) is 0 Å². The average molecular weight is 287 g/mol. The van der Waals surface area contributed by atoms with Crippen LogP contribution in [0.3, 0.4) is 0 Å². The maximum Gasteiger partial charge on any atom is 0.230 e. The van der Waals surface area contributed by atoms with E-state index in [0.717, 1.165) is 12.8 Å². The zero-order valence-electron chi connectivity index (χ0n) is 12.3. The molecule has 4 nitrogen and oxygen atoms in total. The smallest absolute Gasteiger partial charge is 0.230 e. The number of carbonyl (C=O) groups excluding carboxylic acids is 2.